The molecule has 1 fully saturated rings. The van der Waals surface area contributed by atoms with Crippen LogP contribution in [0.3, 0.4) is 0 Å². The maximum Gasteiger partial charge on any atom is 0.191 e. The molecule has 0 amide bonds. The molecule has 0 radical (unpaired) electrons. The predicted molar refractivity (Wildman–Crippen MR) is 90.3 cm³/mol. The first-order chi connectivity index (χ1) is 10.2. The number of nitrogens with two attached hydrogens (primary N) is 1. The van der Waals surface area contributed by atoms with Crippen molar-refractivity contribution in [3.63, 3.8) is 0 Å². The molecule has 0 saturated carbocycles. The number of aromatic nitrogens is 1. The Bertz CT molecular complexity index is 597. The molecule has 2 N–H and O–H groups in total. The molecular formula is C14H19N5S2. The molecule has 5 nitrogen and oxygen atoms in total. The fourth-order valence-electron chi connectivity index (χ4n) is 2.32. The molecule has 21 heavy (non-hydrogen) atoms. The fraction of sp³-hybridized carbons (Fsp3) is 0.429. The van der Waals surface area contributed by atoms with Gasteiger partial charge in [-0.05, 0) is 23.9 Å². The molecule has 0 unspecified atom stereocenters. The van der Waals surface area contributed by atoms with Crippen molar-refractivity contribution < 1.29 is 0 Å². The van der Waals surface area contributed by atoms with Gasteiger partial charge < -0.3 is 15.5 Å². The van der Waals surface area contributed by atoms with Gasteiger partial charge in [-0.15, -0.1) is 22.7 Å². The fourth-order valence-corrected chi connectivity index (χ4v) is 3.84. The molecule has 7 heteroatoms. The minimum Gasteiger partial charge on any atom is -0.370 e. The average Bonchev–Trinajstić information content (AvgIpc) is 3.17. The van der Waals surface area contributed by atoms with Crippen molar-refractivity contribution in [3.8, 4) is 0 Å². The van der Waals surface area contributed by atoms with Gasteiger partial charge in [0, 0.05) is 42.6 Å². The van der Waals surface area contributed by atoms with Crippen LogP contribution in [-0.2, 0) is 6.54 Å². The first-order valence-electron chi connectivity index (χ1n) is 6.96. The standard InChI is InChI=1S/C14H19N5S2/c1-11-2-8-20-12(11)10-17-13(15)18-4-6-19(7-5-18)14-16-3-9-21-14/h2-3,8-9H,4-7,10H2,1H3,(H2,15,17). The largest absolute Gasteiger partial charge is 0.370 e. The average molecular weight is 321 g/mol. The minimum atomic E-state index is 0.654. The third-order valence-electron chi connectivity index (χ3n) is 3.65. The third-order valence-corrected chi connectivity index (χ3v) is 5.49. The number of thiophene rings is 1. The Labute approximate surface area is 132 Å². The van der Waals surface area contributed by atoms with Crippen LogP contribution in [-0.4, -0.2) is 42.0 Å². The van der Waals surface area contributed by atoms with Crippen LogP contribution in [0.15, 0.2) is 28.0 Å². The van der Waals surface area contributed by atoms with E-state index in [1.807, 2.05) is 11.6 Å². The molecule has 1 aliphatic rings. The molecule has 0 bridgehead atoms. The topological polar surface area (TPSA) is 57.8 Å². The second-order valence-electron chi connectivity index (χ2n) is 4.99. The van der Waals surface area contributed by atoms with Gasteiger partial charge >= 0.3 is 0 Å². The van der Waals surface area contributed by atoms with Crippen LogP contribution in [0.2, 0.25) is 0 Å². The number of hydrogen-bond acceptors (Lipinski definition) is 5. The summed E-state index contributed by atoms with van der Waals surface area (Å²) in [7, 11) is 0. The Kier molecular flexibility index (Phi) is 4.40. The van der Waals surface area contributed by atoms with Crippen LogP contribution >= 0.6 is 22.7 Å². The summed E-state index contributed by atoms with van der Waals surface area (Å²) >= 11 is 3.43. The monoisotopic (exact) mass is 321 g/mol. The molecule has 3 heterocycles. The Morgan fingerprint density at radius 2 is 2.10 bits per heavy atom. The molecule has 1 saturated heterocycles. The lowest BCUT2D eigenvalue weighted by atomic mass is 10.3. The summed E-state index contributed by atoms with van der Waals surface area (Å²) in [5.41, 5.74) is 7.42. The van der Waals surface area contributed by atoms with Crippen LogP contribution in [0, 0.1) is 6.92 Å². The number of rotatable bonds is 3. The van der Waals surface area contributed by atoms with Gasteiger partial charge in [0.1, 0.15) is 0 Å². The van der Waals surface area contributed by atoms with Crippen molar-refractivity contribution in [1.29, 1.82) is 0 Å². The van der Waals surface area contributed by atoms with Crippen LogP contribution in [0.25, 0.3) is 0 Å². The van der Waals surface area contributed by atoms with Crippen molar-refractivity contribution in [3.05, 3.63) is 33.5 Å². The summed E-state index contributed by atoms with van der Waals surface area (Å²) in [5, 5.41) is 5.21. The highest BCUT2D eigenvalue weighted by atomic mass is 32.1. The first kappa shape index (κ1) is 14.3. The van der Waals surface area contributed by atoms with E-state index in [4.69, 9.17) is 5.73 Å². The highest BCUT2D eigenvalue weighted by molar-refractivity contribution is 7.13. The summed E-state index contributed by atoms with van der Waals surface area (Å²) in [6.07, 6.45) is 1.85. The Balaban J connectivity index is 1.55. The van der Waals surface area contributed by atoms with E-state index in [1.54, 1.807) is 22.7 Å². The molecule has 112 valence electrons. The number of thiazole rings is 1. The number of nitrogens with zero attached hydrogens (tertiary/aromatic N) is 4. The zero-order valence-electron chi connectivity index (χ0n) is 12.0. The Morgan fingerprint density at radius 3 is 2.71 bits per heavy atom. The molecule has 2 aromatic heterocycles. The van der Waals surface area contributed by atoms with Gasteiger partial charge in [0.25, 0.3) is 0 Å². The number of aliphatic imine (C=N–C) groups is 1. The van der Waals surface area contributed by atoms with Gasteiger partial charge in [-0.2, -0.15) is 0 Å². The van der Waals surface area contributed by atoms with E-state index in [-0.39, 0.29) is 0 Å². The van der Waals surface area contributed by atoms with Gasteiger partial charge in [0.15, 0.2) is 11.1 Å². The lowest BCUT2D eigenvalue weighted by Gasteiger charge is -2.35. The SMILES string of the molecule is Cc1ccsc1CN=C(N)N1CCN(c2nccs2)CC1. The smallest absolute Gasteiger partial charge is 0.191 e. The van der Waals surface area contributed by atoms with Crippen LogP contribution < -0.4 is 10.6 Å². The summed E-state index contributed by atoms with van der Waals surface area (Å²) in [6, 6.07) is 2.12. The minimum absolute atomic E-state index is 0.654. The van der Waals surface area contributed by atoms with E-state index < -0.39 is 0 Å². The summed E-state index contributed by atoms with van der Waals surface area (Å²) < 4.78 is 0. The summed E-state index contributed by atoms with van der Waals surface area (Å²) in [6.45, 7) is 6.49. The van der Waals surface area contributed by atoms with Crippen LogP contribution in [0.4, 0.5) is 5.13 Å². The number of aryl methyl sites for hydroxylation is 1. The van der Waals surface area contributed by atoms with E-state index in [1.165, 1.54) is 10.4 Å². The second-order valence-corrected chi connectivity index (χ2v) is 6.86. The van der Waals surface area contributed by atoms with E-state index in [0.717, 1.165) is 31.3 Å². The van der Waals surface area contributed by atoms with Gasteiger partial charge in [0.05, 0.1) is 6.54 Å². The lowest BCUT2D eigenvalue weighted by Crippen LogP contribution is -2.51. The predicted octanol–water partition coefficient (Wildman–Crippen LogP) is 2.15. The summed E-state index contributed by atoms with van der Waals surface area (Å²) in [5.74, 6) is 0.654. The van der Waals surface area contributed by atoms with Crippen molar-refractivity contribution in [1.82, 2.24) is 9.88 Å². The molecule has 0 spiro atoms. The molecule has 2 aromatic rings. The lowest BCUT2D eigenvalue weighted by molar-refractivity contribution is 0.380. The van der Waals surface area contributed by atoms with Crippen molar-refractivity contribution >= 4 is 33.8 Å². The van der Waals surface area contributed by atoms with Crippen LogP contribution in [0.1, 0.15) is 10.4 Å². The highest BCUT2D eigenvalue weighted by Gasteiger charge is 2.19. The normalized spacial score (nSPS) is 16.5. The molecule has 0 atom stereocenters. The molecular weight excluding hydrogens is 302 g/mol. The Morgan fingerprint density at radius 1 is 1.29 bits per heavy atom. The number of piperazine rings is 1. The molecule has 3 rings (SSSR count). The van der Waals surface area contributed by atoms with E-state index in [9.17, 15) is 0 Å². The maximum absolute atomic E-state index is 6.13. The summed E-state index contributed by atoms with van der Waals surface area (Å²) in [4.78, 5) is 14.6. The number of anilines is 1. The van der Waals surface area contributed by atoms with E-state index >= 15 is 0 Å². The van der Waals surface area contributed by atoms with Gasteiger partial charge in [0.2, 0.25) is 0 Å². The van der Waals surface area contributed by atoms with Crippen molar-refractivity contribution in [2.45, 2.75) is 13.5 Å². The van der Waals surface area contributed by atoms with Crippen molar-refractivity contribution in [2.75, 3.05) is 31.1 Å². The highest BCUT2D eigenvalue weighted by Crippen LogP contribution is 2.19. The van der Waals surface area contributed by atoms with Crippen LogP contribution in [0.5, 0.6) is 0 Å². The quantitative estimate of drug-likeness (QED) is 0.695. The second kappa shape index (κ2) is 6.44. The number of hydrogen-bond donors (Lipinski definition) is 1. The zero-order chi connectivity index (χ0) is 14.7. The van der Waals surface area contributed by atoms with Gasteiger partial charge in [-0.25, -0.2) is 9.98 Å². The van der Waals surface area contributed by atoms with E-state index in [0.29, 0.717) is 12.5 Å². The maximum atomic E-state index is 6.13. The number of guanidine groups is 1. The Hall–Kier alpha value is -1.60. The first-order valence-corrected chi connectivity index (χ1v) is 8.72. The molecule has 0 aliphatic carbocycles. The van der Waals surface area contributed by atoms with Gasteiger partial charge in [-0.1, -0.05) is 0 Å². The zero-order valence-corrected chi connectivity index (χ0v) is 13.7. The third kappa shape index (κ3) is 3.36. The van der Waals surface area contributed by atoms with Crippen molar-refractivity contribution in [2.24, 2.45) is 10.7 Å². The molecule has 0 aromatic carbocycles. The molecule has 1 aliphatic heterocycles. The van der Waals surface area contributed by atoms with Gasteiger partial charge in [-0.3, -0.25) is 0 Å². The van der Waals surface area contributed by atoms with E-state index in [2.05, 4.69) is 38.1 Å².